The van der Waals surface area contributed by atoms with Crippen LogP contribution >= 0.6 is 0 Å². The van der Waals surface area contributed by atoms with Crippen molar-refractivity contribution in [3.63, 3.8) is 0 Å². The number of ether oxygens (including phenoxy) is 1. The van der Waals surface area contributed by atoms with Crippen LogP contribution in [-0.2, 0) is 4.74 Å². The average Bonchev–Trinajstić information content (AvgIpc) is 2.99. The van der Waals surface area contributed by atoms with Crippen molar-refractivity contribution < 1.29 is 14.6 Å². The first-order valence-electron chi connectivity index (χ1n) is 7.88. The SMILES string of the molecule is CC(O)CN(C)C(=O)NC(CC1CCOC1)c1ccccc1. The number of hydrogen-bond acceptors (Lipinski definition) is 3. The standard InChI is InChI=1S/C17H26N2O3/c1-13(20)11-19(2)17(21)18-16(10-14-8-9-22-12-14)15-6-4-3-5-7-15/h3-7,13-14,16,20H,8-12H2,1-2H3,(H,18,21). The number of amides is 2. The summed E-state index contributed by atoms with van der Waals surface area (Å²) >= 11 is 0. The molecule has 3 atom stereocenters. The number of rotatable bonds is 6. The highest BCUT2D eigenvalue weighted by Gasteiger charge is 2.24. The van der Waals surface area contributed by atoms with Crippen LogP contribution in [0.25, 0.3) is 0 Å². The molecule has 0 saturated carbocycles. The Kier molecular flexibility index (Phi) is 6.21. The quantitative estimate of drug-likeness (QED) is 0.847. The maximum atomic E-state index is 12.3. The van der Waals surface area contributed by atoms with Gasteiger partial charge in [-0.1, -0.05) is 30.3 Å². The zero-order valence-corrected chi connectivity index (χ0v) is 13.4. The van der Waals surface area contributed by atoms with Gasteiger partial charge in [0.25, 0.3) is 0 Å². The molecule has 1 aromatic carbocycles. The van der Waals surface area contributed by atoms with E-state index in [1.54, 1.807) is 14.0 Å². The van der Waals surface area contributed by atoms with E-state index in [9.17, 15) is 9.90 Å². The van der Waals surface area contributed by atoms with Crippen LogP contribution in [0.3, 0.4) is 0 Å². The minimum atomic E-state index is -0.533. The van der Waals surface area contributed by atoms with Crippen molar-refractivity contribution in [2.24, 2.45) is 5.92 Å². The summed E-state index contributed by atoms with van der Waals surface area (Å²) in [6, 6.07) is 9.83. The van der Waals surface area contributed by atoms with Crippen molar-refractivity contribution in [2.75, 3.05) is 26.8 Å². The number of aliphatic hydroxyl groups excluding tert-OH is 1. The fourth-order valence-electron chi connectivity index (χ4n) is 2.80. The van der Waals surface area contributed by atoms with Crippen molar-refractivity contribution in [1.82, 2.24) is 10.2 Å². The molecule has 0 spiro atoms. The van der Waals surface area contributed by atoms with E-state index >= 15 is 0 Å². The number of carbonyl (C=O) groups is 1. The van der Waals surface area contributed by atoms with E-state index in [0.29, 0.717) is 12.5 Å². The molecule has 1 aliphatic heterocycles. The van der Waals surface area contributed by atoms with Crippen molar-refractivity contribution in [3.8, 4) is 0 Å². The normalized spacial score (nSPS) is 20.4. The summed E-state index contributed by atoms with van der Waals surface area (Å²) in [4.78, 5) is 13.8. The number of aliphatic hydroxyl groups is 1. The lowest BCUT2D eigenvalue weighted by Gasteiger charge is -2.26. The minimum absolute atomic E-state index is 0.0307. The molecule has 1 saturated heterocycles. The molecule has 5 nitrogen and oxygen atoms in total. The second-order valence-electron chi connectivity index (χ2n) is 6.11. The number of hydrogen-bond donors (Lipinski definition) is 2. The second kappa shape index (κ2) is 8.15. The molecule has 1 aromatic rings. The Morgan fingerprint density at radius 3 is 2.77 bits per heavy atom. The molecule has 0 aliphatic carbocycles. The van der Waals surface area contributed by atoms with Crippen LogP contribution < -0.4 is 5.32 Å². The van der Waals surface area contributed by atoms with Crippen LogP contribution in [0.15, 0.2) is 30.3 Å². The first-order valence-corrected chi connectivity index (χ1v) is 7.88. The summed E-state index contributed by atoms with van der Waals surface area (Å²) in [5.74, 6) is 0.479. The smallest absolute Gasteiger partial charge is 0.317 e. The largest absolute Gasteiger partial charge is 0.392 e. The first-order chi connectivity index (χ1) is 10.6. The second-order valence-corrected chi connectivity index (χ2v) is 6.11. The Bertz CT molecular complexity index is 458. The summed E-state index contributed by atoms with van der Waals surface area (Å²) in [6.07, 6.45) is 1.38. The molecule has 0 aromatic heterocycles. The number of nitrogens with one attached hydrogen (secondary N) is 1. The molecule has 2 rings (SSSR count). The van der Waals surface area contributed by atoms with E-state index in [2.05, 4.69) is 5.32 Å². The van der Waals surface area contributed by atoms with Crippen molar-refractivity contribution in [1.29, 1.82) is 0 Å². The molecule has 1 aliphatic rings. The number of carbonyl (C=O) groups excluding carboxylic acids is 1. The number of urea groups is 1. The number of benzene rings is 1. The lowest BCUT2D eigenvalue weighted by Crippen LogP contribution is -2.42. The molecule has 1 fully saturated rings. The van der Waals surface area contributed by atoms with E-state index < -0.39 is 6.10 Å². The van der Waals surface area contributed by atoms with Gasteiger partial charge in [0, 0.05) is 26.8 Å². The van der Waals surface area contributed by atoms with Crippen LogP contribution in [0, 0.1) is 5.92 Å². The monoisotopic (exact) mass is 306 g/mol. The van der Waals surface area contributed by atoms with E-state index in [-0.39, 0.29) is 12.1 Å². The van der Waals surface area contributed by atoms with Crippen molar-refractivity contribution in [3.05, 3.63) is 35.9 Å². The lowest BCUT2D eigenvalue weighted by molar-refractivity contribution is 0.141. The summed E-state index contributed by atoms with van der Waals surface area (Å²) < 4.78 is 5.44. The van der Waals surface area contributed by atoms with Gasteiger partial charge in [-0.15, -0.1) is 0 Å². The van der Waals surface area contributed by atoms with Crippen LogP contribution in [0.4, 0.5) is 4.79 Å². The Hall–Kier alpha value is -1.59. The van der Waals surface area contributed by atoms with Crippen LogP contribution in [0.5, 0.6) is 0 Å². The van der Waals surface area contributed by atoms with Gasteiger partial charge in [-0.25, -0.2) is 4.79 Å². The topological polar surface area (TPSA) is 61.8 Å². The highest BCUT2D eigenvalue weighted by Crippen LogP contribution is 2.26. The van der Waals surface area contributed by atoms with Gasteiger partial charge in [0.2, 0.25) is 0 Å². The van der Waals surface area contributed by atoms with Gasteiger partial charge in [-0.05, 0) is 31.2 Å². The predicted octanol–water partition coefficient (Wildman–Crippen LogP) is 2.18. The third-order valence-corrected chi connectivity index (χ3v) is 3.98. The molecule has 3 unspecified atom stereocenters. The summed E-state index contributed by atoms with van der Waals surface area (Å²) in [6.45, 7) is 3.57. The first kappa shape index (κ1) is 16.8. The lowest BCUT2D eigenvalue weighted by atomic mass is 9.94. The van der Waals surface area contributed by atoms with Gasteiger partial charge < -0.3 is 20.1 Å². The molecule has 1 heterocycles. The molecule has 0 bridgehead atoms. The molecule has 2 N–H and O–H groups in total. The average molecular weight is 306 g/mol. The zero-order chi connectivity index (χ0) is 15.9. The number of nitrogens with zero attached hydrogens (tertiary/aromatic N) is 1. The van der Waals surface area contributed by atoms with E-state index in [1.165, 1.54) is 4.90 Å². The third-order valence-electron chi connectivity index (χ3n) is 3.98. The van der Waals surface area contributed by atoms with Crippen molar-refractivity contribution >= 4 is 6.03 Å². The Morgan fingerprint density at radius 1 is 1.45 bits per heavy atom. The highest BCUT2D eigenvalue weighted by molar-refractivity contribution is 5.74. The maximum Gasteiger partial charge on any atom is 0.317 e. The van der Waals surface area contributed by atoms with E-state index in [0.717, 1.165) is 31.6 Å². The number of likely N-dealkylation sites (N-methyl/N-ethyl adjacent to an activating group) is 1. The Morgan fingerprint density at radius 2 is 2.18 bits per heavy atom. The molecular formula is C17H26N2O3. The minimum Gasteiger partial charge on any atom is -0.392 e. The molecule has 2 amide bonds. The fourth-order valence-corrected chi connectivity index (χ4v) is 2.80. The summed E-state index contributed by atoms with van der Waals surface area (Å²) in [5, 5.41) is 12.5. The third kappa shape index (κ3) is 5.00. The van der Waals surface area contributed by atoms with Crippen molar-refractivity contribution in [2.45, 2.75) is 31.9 Å². The molecule has 5 heteroatoms. The zero-order valence-electron chi connectivity index (χ0n) is 13.4. The van der Waals surface area contributed by atoms with E-state index in [4.69, 9.17) is 4.74 Å². The molecular weight excluding hydrogens is 280 g/mol. The van der Waals surface area contributed by atoms with Crippen LogP contribution in [-0.4, -0.2) is 48.9 Å². The highest BCUT2D eigenvalue weighted by atomic mass is 16.5. The maximum absolute atomic E-state index is 12.3. The Labute approximate surface area is 132 Å². The van der Waals surface area contributed by atoms with Gasteiger partial charge in [0.05, 0.1) is 12.1 Å². The molecule has 0 radical (unpaired) electrons. The predicted molar refractivity (Wildman–Crippen MR) is 85.6 cm³/mol. The van der Waals surface area contributed by atoms with Gasteiger partial charge in [0.1, 0.15) is 0 Å². The summed E-state index contributed by atoms with van der Waals surface area (Å²) in [7, 11) is 1.70. The van der Waals surface area contributed by atoms with Crippen LogP contribution in [0.1, 0.15) is 31.4 Å². The molecule has 122 valence electrons. The van der Waals surface area contributed by atoms with Gasteiger partial charge in [0.15, 0.2) is 0 Å². The van der Waals surface area contributed by atoms with Crippen LogP contribution in [0.2, 0.25) is 0 Å². The van der Waals surface area contributed by atoms with Gasteiger partial charge in [-0.2, -0.15) is 0 Å². The van der Waals surface area contributed by atoms with Gasteiger partial charge in [-0.3, -0.25) is 0 Å². The fraction of sp³-hybridized carbons (Fsp3) is 0.588. The Balaban J connectivity index is 2.02. The summed E-state index contributed by atoms with van der Waals surface area (Å²) in [5.41, 5.74) is 1.10. The van der Waals surface area contributed by atoms with Gasteiger partial charge >= 0.3 is 6.03 Å². The molecule has 22 heavy (non-hydrogen) atoms. The van der Waals surface area contributed by atoms with E-state index in [1.807, 2.05) is 30.3 Å².